The lowest BCUT2D eigenvalue weighted by Gasteiger charge is -2.17. The van der Waals surface area contributed by atoms with Gasteiger partial charge < -0.3 is 18.9 Å². The molecule has 0 saturated heterocycles. The lowest BCUT2D eigenvalue weighted by atomic mass is 10.0. The van der Waals surface area contributed by atoms with E-state index in [-0.39, 0.29) is 47.8 Å². The van der Waals surface area contributed by atoms with E-state index in [1.54, 1.807) is 0 Å². The summed E-state index contributed by atoms with van der Waals surface area (Å²) in [6, 6.07) is 3.01. The Morgan fingerprint density at radius 1 is 0.833 bits per heavy atom. The van der Waals surface area contributed by atoms with E-state index in [4.69, 9.17) is 18.9 Å². The van der Waals surface area contributed by atoms with E-state index < -0.39 is 11.9 Å². The second-order valence-corrected chi connectivity index (χ2v) is 8.95. The summed E-state index contributed by atoms with van der Waals surface area (Å²) in [7, 11) is 2.78. The zero-order chi connectivity index (χ0) is 26.9. The van der Waals surface area contributed by atoms with Gasteiger partial charge in [-0.25, -0.2) is 9.59 Å². The van der Waals surface area contributed by atoms with Crippen molar-refractivity contribution in [2.45, 2.75) is 79.1 Å². The Morgan fingerprint density at radius 3 is 1.61 bits per heavy atom. The minimum absolute atomic E-state index is 0.00715. The van der Waals surface area contributed by atoms with Crippen molar-refractivity contribution in [3.05, 3.63) is 28.2 Å². The second kappa shape index (κ2) is 17.5. The standard InChI is InChI=1S/C28H43NO7/c1-7-11-13-20(9-3)18-35-27(30)23(28(31)36-19-21(10-4)14-12-8-2)15-22-16-24(33-5)26(29-32)25(17-22)34-6/h15-17,20-21H,7-14,18-19H2,1-6H3. The van der Waals surface area contributed by atoms with Crippen LogP contribution in [0, 0.1) is 16.7 Å². The average molecular weight is 506 g/mol. The number of unbranched alkanes of at least 4 members (excludes halogenated alkanes) is 2. The fourth-order valence-corrected chi connectivity index (χ4v) is 3.79. The van der Waals surface area contributed by atoms with Crippen molar-refractivity contribution < 1.29 is 28.5 Å². The zero-order valence-electron chi connectivity index (χ0n) is 22.8. The van der Waals surface area contributed by atoms with Gasteiger partial charge in [0, 0.05) is 0 Å². The second-order valence-electron chi connectivity index (χ2n) is 8.95. The fourth-order valence-electron chi connectivity index (χ4n) is 3.79. The highest BCUT2D eigenvalue weighted by Crippen LogP contribution is 2.39. The molecule has 0 spiro atoms. The number of carbonyl (C=O) groups excluding carboxylic acids is 2. The van der Waals surface area contributed by atoms with Gasteiger partial charge in [-0.05, 0) is 53.6 Å². The molecule has 0 radical (unpaired) electrons. The van der Waals surface area contributed by atoms with E-state index >= 15 is 0 Å². The van der Waals surface area contributed by atoms with Gasteiger partial charge in [0.25, 0.3) is 0 Å². The number of methoxy groups -OCH3 is 2. The van der Waals surface area contributed by atoms with Crippen molar-refractivity contribution in [2.24, 2.45) is 17.0 Å². The van der Waals surface area contributed by atoms with Crippen LogP contribution in [0.15, 0.2) is 22.9 Å². The van der Waals surface area contributed by atoms with Crippen LogP contribution in [-0.2, 0) is 19.1 Å². The van der Waals surface area contributed by atoms with E-state index in [9.17, 15) is 14.5 Å². The topological polar surface area (TPSA) is 100 Å². The summed E-state index contributed by atoms with van der Waals surface area (Å²) in [4.78, 5) is 37.4. The Labute approximate surface area is 215 Å². The molecule has 0 aliphatic carbocycles. The van der Waals surface area contributed by atoms with Crippen molar-refractivity contribution in [1.29, 1.82) is 0 Å². The van der Waals surface area contributed by atoms with Crippen molar-refractivity contribution in [1.82, 2.24) is 0 Å². The minimum atomic E-state index is -0.743. The van der Waals surface area contributed by atoms with Gasteiger partial charge in [-0.2, -0.15) is 0 Å². The number of benzene rings is 1. The Balaban J connectivity index is 3.26. The number of nitroso groups, excluding NO2 is 1. The summed E-state index contributed by atoms with van der Waals surface area (Å²) in [6.45, 7) is 8.81. The summed E-state index contributed by atoms with van der Waals surface area (Å²) in [5.74, 6) is -0.717. The van der Waals surface area contributed by atoms with Crippen molar-refractivity contribution in [3.63, 3.8) is 0 Å². The van der Waals surface area contributed by atoms with Crippen LogP contribution in [0.5, 0.6) is 11.5 Å². The Kier molecular flexibility index (Phi) is 15.1. The monoisotopic (exact) mass is 505 g/mol. The smallest absolute Gasteiger partial charge is 0.345 e. The van der Waals surface area contributed by atoms with E-state index in [1.807, 2.05) is 0 Å². The number of hydrogen-bond acceptors (Lipinski definition) is 8. The zero-order valence-corrected chi connectivity index (χ0v) is 22.8. The normalized spacial score (nSPS) is 12.3. The van der Waals surface area contributed by atoms with E-state index in [0.717, 1.165) is 51.4 Å². The fraction of sp³-hybridized carbons (Fsp3) is 0.643. The van der Waals surface area contributed by atoms with Crippen molar-refractivity contribution in [3.8, 4) is 11.5 Å². The molecular weight excluding hydrogens is 462 g/mol. The van der Waals surface area contributed by atoms with Gasteiger partial charge in [0.15, 0.2) is 17.2 Å². The van der Waals surface area contributed by atoms with Crippen molar-refractivity contribution in [2.75, 3.05) is 27.4 Å². The molecule has 0 amide bonds. The summed E-state index contributed by atoms with van der Waals surface area (Å²) < 4.78 is 21.6. The Bertz CT molecular complexity index is 806. The SMILES string of the molecule is CCCCC(CC)COC(=O)C(=Cc1cc(OC)c(N=O)c(OC)c1)C(=O)OCC(CC)CCCC. The molecule has 2 unspecified atom stereocenters. The first-order chi connectivity index (χ1) is 17.4. The number of hydrogen-bond donors (Lipinski definition) is 0. The first-order valence-corrected chi connectivity index (χ1v) is 13.0. The lowest BCUT2D eigenvalue weighted by Crippen LogP contribution is -2.23. The number of esters is 2. The molecule has 0 aromatic heterocycles. The molecule has 202 valence electrons. The molecule has 8 nitrogen and oxygen atoms in total. The lowest BCUT2D eigenvalue weighted by molar-refractivity contribution is -0.148. The average Bonchev–Trinajstić information content (AvgIpc) is 2.90. The highest BCUT2D eigenvalue weighted by Gasteiger charge is 2.25. The largest absolute Gasteiger partial charge is 0.494 e. The molecule has 8 heteroatoms. The molecular formula is C28H43NO7. The molecule has 0 bridgehead atoms. The van der Waals surface area contributed by atoms with Crippen LogP contribution >= 0.6 is 0 Å². The minimum Gasteiger partial charge on any atom is -0.494 e. The molecule has 36 heavy (non-hydrogen) atoms. The summed E-state index contributed by atoms with van der Waals surface area (Å²) >= 11 is 0. The Hall–Kier alpha value is -2.90. The molecule has 2 atom stereocenters. The number of ether oxygens (including phenoxy) is 4. The van der Waals surface area contributed by atoms with E-state index in [1.165, 1.54) is 32.4 Å². The van der Waals surface area contributed by atoms with Gasteiger partial charge in [0.1, 0.15) is 5.57 Å². The van der Waals surface area contributed by atoms with E-state index in [2.05, 4.69) is 32.9 Å². The quantitative estimate of drug-likeness (QED) is 0.0695. The number of carbonyl (C=O) groups is 2. The molecule has 1 aromatic carbocycles. The maximum absolute atomic E-state index is 13.1. The number of nitrogens with zero attached hydrogens (tertiary/aromatic N) is 1. The molecule has 0 saturated carbocycles. The molecule has 1 rings (SSSR count). The van der Waals surface area contributed by atoms with Gasteiger partial charge in [-0.1, -0.05) is 66.2 Å². The van der Waals surface area contributed by atoms with Crippen LogP contribution in [0.1, 0.15) is 84.6 Å². The predicted octanol–water partition coefficient (Wildman–Crippen LogP) is 7.00. The Morgan fingerprint density at radius 2 is 1.28 bits per heavy atom. The highest BCUT2D eigenvalue weighted by atomic mass is 16.6. The number of rotatable bonds is 18. The third-order valence-electron chi connectivity index (χ3n) is 6.33. The molecule has 0 heterocycles. The van der Waals surface area contributed by atoms with Gasteiger partial charge in [-0.15, -0.1) is 4.91 Å². The molecule has 1 aromatic rings. The van der Waals surface area contributed by atoms with Crippen molar-refractivity contribution >= 4 is 23.7 Å². The van der Waals surface area contributed by atoms with Crippen LogP contribution < -0.4 is 9.47 Å². The first-order valence-electron chi connectivity index (χ1n) is 13.0. The van der Waals surface area contributed by atoms with Gasteiger partial charge in [0.05, 0.1) is 27.4 Å². The maximum atomic E-state index is 13.1. The molecule has 0 aliphatic rings. The van der Waals surface area contributed by atoms with Crippen LogP contribution in [0.25, 0.3) is 6.08 Å². The van der Waals surface area contributed by atoms with Crippen LogP contribution in [0.2, 0.25) is 0 Å². The van der Waals surface area contributed by atoms with Gasteiger partial charge in [0.2, 0.25) is 0 Å². The van der Waals surface area contributed by atoms with E-state index in [0.29, 0.717) is 5.56 Å². The summed E-state index contributed by atoms with van der Waals surface area (Å²) in [6.07, 6.45) is 9.26. The van der Waals surface area contributed by atoms with Gasteiger partial charge >= 0.3 is 11.9 Å². The van der Waals surface area contributed by atoms with Crippen LogP contribution in [0.3, 0.4) is 0 Å². The third-order valence-corrected chi connectivity index (χ3v) is 6.33. The molecule has 0 N–H and O–H groups in total. The third kappa shape index (κ3) is 9.99. The highest BCUT2D eigenvalue weighted by molar-refractivity contribution is 6.17. The summed E-state index contributed by atoms with van der Waals surface area (Å²) in [5.41, 5.74) is 0.185. The first kappa shape index (κ1) is 31.1. The maximum Gasteiger partial charge on any atom is 0.345 e. The molecule has 0 aliphatic heterocycles. The molecule has 0 fully saturated rings. The summed E-state index contributed by atoms with van der Waals surface area (Å²) in [5, 5.41) is 2.96. The van der Waals surface area contributed by atoms with Gasteiger partial charge in [-0.3, -0.25) is 0 Å². The van der Waals surface area contributed by atoms with Crippen LogP contribution in [-0.4, -0.2) is 39.4 Å². The predicted molar refractivity (Wildman–Crippen MR) is 142 cm³/mol. The van der Waals surface area contributed by atoms with Crippen LogP contribution in [0.4, 0.5) is 5.69 Å².